The van der Waals surface area contributed by atoms with Gasteiger partial charge in [0.1, 0.15) is 0 Å². The van der Waals surface area contributed by atoms with Gasteiger partial charge in [-0.1, -0.05) is 18.2 Å². The molecule has 0 aliphatic carbocycles. The minimum absolute atomic E-state index is 0.103. The van der Waals surface area contributed by atoms with E-state index in [4.69, 9.17) is 4.74 Å². The zero-order valence-corrected chi connectivity index (χ0v) is 8.86. The number of hydrogen-bond acceptors (Lipinski definition) is 3. The largest absolute Gasteiger partial charge is 0.367 e. The highest BCUT2D eigenvalue weighted by molar-refractivity contribution is 5.90. The van der Waals surface area contributed by atoms with Gasteiger partial charge in [-0.2, -0.15) is 0 Å². The molecule has 0 aromatic heterocycles. The number of carbonyl (C=O) groups excluding carboxylic acids is 1. The van der Waals surface area contributed by atoms with Gasteiger partial charge < -0.3 is 4.74 Å². The minimum atomic E-state index is -0.754. The molecule has 0 bridgehead atoms. The summed E-state index contributed by atoms with van der Waals surface area (Å²) < 4.78 is 5.21. The maximum absolute atomic E-state index is 11.6. The summed E-state index contributed by atoms with van der Waals surface area (Å²) in [6.45, 7) is 2.30. The number of anilines is 1. The van der Waals surface area contributed by atoms with Crippen LogP contribution in [0.2, 0.25) is 0 Å². The molecule has 1 fully saturated rings. The number of amides is 1. The van der Waals surface area contributed by atoms with Crippen LogP contribution in [0.15, 0.2) is 30.3 Å². The van der Waals surface area contributed by atoms with Crippen LogP contribution in [0.1, 0.15) is 6.92 Å². The molecule has 1 aromatic rings. The number of nitrogens with zero attached hydrogens (tertiary/aromatic N) is 1. The molecule has 1 aliphatic heterocycles. The summed E-state index contributed by atoms with van der Waals surface area (Å²) in [5.41, 5.74) is 2.99. The number of hydrogen-bond donors (Lipinski definition) is 1. The van der Waals surface area contributed by atoms with E-state index in [0.717, 1.165) is 5.69 Å². The van der Waals surface area contributed by atoms with Crippen molar-refractivity contribution in [1.29, 1.82) is 0 Å². The first kappa shape index (κ1) is 9.98. The monoisotopic (exact) mass is 206 g/mol. The van der Waals surface area contributed by atoms with Gasteiger partial charge in [0, 0.05) is 7.11 Å². The number of carbonyl (C=O) groups is 1. The zero-order chi connectivity index (χ0) is 10.9. The van der Waals surface area contributed by atoms with Crippen molar-refractivity contribution in [2.75, 3.05) is 18.7 Å². The second kappa shape index (κ2) is 3.55. The molecule has 1 aromatic carbocycles. The predicted octanol–water partition coefficient (Wildman–Crippen LogP) is 0.943. The maximum atomic E-state index is 11.6. The van der Waals surface area contributed by atoms with Gasteiger partial charge in [0.25, 0.3) is 5.91 Å². The van der Waals surface area contributed by atoms with Gasteiger partial charge in [-0.15, -0.1) is 0 Å². The fraction of sp³-hybridized carbons (Fsp3) is 0.364. The van der Waals surface area contributed by atoms with Crippen molar-refractivity contribution < 1.29 is 9.53 Å². The third kappa shape index (κ3) is 1.68. The Labute approximate surface area is 88.8 Å². The van der Waals surface area contributed by atoms with Gasteiger partial charge in [-0.3, -0.25) is 15.2 Å². The first-order valence-electron chi connectivity index (χ1n) is 4.84. The van der Waals surface area contributed by atoms with Crippen LogP contribution in [0.5, 0.6) is 0 Å². The molecule has 80 valence electrons. The fourth-order valence-corrected chi connectivity index (χ4v) is 1.57. The molecule has 1 heterocycles. The summed E-state index contributed by atoms with van der Waals surface area (Å²) in [7, 11) is 1.55. The number of rotatable bonds is 2. The fourth-order valence-electron chi connectivity index (χ4n) is 1.57. The number of nitrogens with one attached hydrogen (secondary N) is 1. The van der Waals surface area contributed by atoms with Crippen molar-refractivity contribution in [2.45, 2.75) is 12.5 Å². The average molecular weight is 206 g/mol. The van der Waals surface area contributed by atoms with E-state index in [1.807, 2.05) is 30.3 Å². The van der Waals surface area contributed by atoms with Crippen molar-refractivity contribution in [3.8, 4) is 0 Å². The number of ether oxygens (including phenoxy) is 1. The molecule has 0 spiro atoms. The van der Waals surface area contributed by atoms with Crippen molar-refractivity contribution in [3.05, 3.63) is 30.3 Å². The molecule has 0 radical (unpaired) electrons. The van der Waals surface area contributed by atoms with Gasteiger partial charge in [-0.25, -0.2) is 0 Å². The lowest BCUT2D eigenvalue weighted by Crippen LogP contribution is -2.38. The lowest BCUT2D eigenvalue weighted by Gasteiger charge is -2.20. The first-order valence-corrected chi connectivity index (χ1v) is 4.84. The molecule has 0 saturated carbocycles. The summed E-state index contributed by atoms with van der Waals surface area (Å²) >= 11 is 0. The van der Waals surface area contributed by atoms with E-state index in [1.54, 1.807) is 19.0 Å². The highest BCUT2D eigenvalue weighted by Crippen LogP contribution is 2.22. The van der Waals surface area contributed by atoms with Gasteiger partial charge in [0.2, 0.25) is 0 Å². The average Bonchev–Trinajstić information content (AvgIpc) is 2.58. The second-order valence-electron chi connectivity index (χ2n) is 3.80. The smallest absolute Gasteiger partial charge is 0.272 e. The minimum Gasteiger partial charge on any atom is -0.367 e. The normalized spacial score (nSPS) is 25.5. The van der Waals surface area contributed by atoms with Crippen LogP contribution in [-0.4, -0.2) is 25.2 Å². The SMILES string of the molecule is COC1(C)CN(c2ccccc2)NC1=O. The van der Waals surface area contributed by atoms with E-state index in [0.29, 0.717) is 6.54 Å². The van der Waals surface area contributed by atoms with Crippen molar-refractivity contribution in [2.24, 2.45) is 0 Å². The highest BCUT2D eigenvalue weighted by atomic mass is 16.5. The Kier molecular flexibility index (Phi) is 2.36. The second-order valence-corrected chi connectivity index (χ2v) is 3.80. The van der Waals surface area contributed by atoms with E-state index in [9.17, 15) is 4.79 Å². The summed E-state index contributed by atoms with van der Waals surface area (Å²) in [6.07, 6.45) is 0. The Bertz CT molecular complexity index is 366. The third-order valence-electron chi connectivity index (χ3n) is 2.70. The quantitative estimate of drug-likeness (QED) is 0.783. The van der Waals surface area contributed by atoms with Gasteiger partial charge in [-0.05, 0) is 19.1 Å². The Morgan fingerprint density at radius 3 is 2.60 bits per heavy atom. The first-order chi connectivity index (χ1) is 7.15. The maximum Gasteiger partial charge on any atom is 0.272 e. The number of para-hydroxylation sites is 1. The van der Waals surface area contributed by atoms with Crippen molar-refractivity contribution in [3.63, 3.8) is 0 Å². The van der Waals surface area contributed by atoms with Crippen LogP contribution < -0.4 is 10.4 Å². The number of benzene rings is 1. The van der Waals surface area contributed by atoms with E-state index in [1.165, 1.54) is 0 Å². The standard InChI is InChI=1S/C11H14N2O2/c1-11(15-2)8-13(12-10(11)14)9-6-4-3-5-7-9/h3-7H,8H2,1-2H3,(H,12,14). The third-order valence-corrected chi connectivity index (χ3v) is 2.70. The van der Waals surface area contributed by atoms with E-state index >= 15 is 0 Å². The van der Waals surface area contributed by atoms with Gasteiger partial charge in [0.15, 0.2) is 5.60 Å². The Hall–Kier alpha value is -1.55. The van der Waals surface area contributed by atoms with Crippen molar-refractivity contribution >= 4 is 11.6 Å². The Morgan fingerprint density at radius 2 is 2.07 bits per heavy atom. The van der Waals surface area contributed by atoms with Crippen LogP contribution in [0, 0.1) is 0 Å². The zero-order valence-electron chi connectivity index (χ0n) is 8.86. The molecule has 1 atom stereocenters. The van der Waals surface area contributed by atoms with Gasteiger partial charge >= 0.3 is 0 Å². The Balaban J connectivity index is 2.20. The van der Waals surface area contributed by atoms with Crippen molar-refractivity contribution in [1.82, 2.24) is 5.43 Å². The number of hydrazine groups is 1. The molecular weight excluding hydrogens is 192 g/mol. The topological polar surface area (TPSA) is 41.6 Å². The highest BCUT2D eigenvalue weighted by Gasteiger charge is 2.42. The molecular formula is C11H14N2O2. The molecule has 4 heteroatoms. The van der Waals surface area contributed by atoms with Crippen LogP contribution in [0.3, 0.4) is 0 Å². The Morgan fingerprint density at radius 1 is 1.40 bits per heavy atom. The summed E-state index contributed by atoms with van der Waals surface area (Å²) in [5, 5.41) is 1.80. The van der Waals surface area contributed by atoms with E-state index in [-0.39, 0.29) is 5.91 Å². The number of methoxy groups -OCH3 is 1. The van der Waals surface area contributed by atoms with Gasteiger partial charge in [0.05, 0.1) is 12.2 Å². The molecule has 2 rings (SSSR count). The molecule has 1 N–H and O–H groups in total. The van der Waals surface area contributed by atoms with E-state index in [2.05, 4.69) is 5.43 Å². The molecule has 4 nitrogen and oxygen atoms in total. The summed E-state index contributed by atoms with van der Waals surface area (Å²) in [6, 6.07) is 9.70. The summed E-state index contributed by atoms with van der Waals surface area (Å²) in [5.74, 6) is -0.103. The molecule has 15 heavy (non-hydrogen) atoms. The molecule has 1 unspecified atom stereocenters. The molecule has 1 saturated heterocycles. The van der Waals surface area contributed by atoms with Crippen LogP contribution in [-0.2, 0) is 9.53 Å². The predicted molar refractivity (Wildman–Crippen MR) is 57.3 cm³/mol. The van der Waals surface area contributed by atoms with Crippen LogP contribution >= 0.6 is 0 Å². The lowest BCUT2D eigenvalue weighted by molar-refractivity contribution is -0.135. The lowest BCUT2D eigenvalue weighted by atomic mass is 10.1. The summed E-state index contributed by atoms with van der Waals surface area (Å²) in [4.78, 5) is 11.6. The van der Waals surface area contributed by atoms with Crippen LogP contribution in [0.4, 0.5) is 5.69 Å². The van der Waals surface area contributed by atoms with Crippen LogP contribution in [0.25, 0.3) is 0 Å². The van der Waals surface area contributed by atoms with E-state index < -0.39 is 5.60 Å². The molecule has 1 aliphatic rings. The molecule has 1 amide bonds.